The van der Waals surface area contributed by atoms with Crippen LogP contribution in [0, 0.1) is 0 Å². The summed E-state index contributed by atoms with van der Waals surface area (Å²) in [5.41, 5.74) is 9.47. The number of carbonyl (C=O) groups is 1. The fourth-order valence-electron chi connectivity index (χ4n) is 2.51. The van der Waals surface area contributed by atoms with Gasteiger partial charge in [0.2, 0.25) is 5.91 Å². The van der Waals surface area contributed by atoms with Gasteiger partial charge in [-0.1, -0.05) is 32.0 Å². The van der Waals surface area contributed by atoms with Gasteiger partial charge in [0.25, 0.3) is 0 Å². The SMILES string of the molecule is CCc1cccc(CC)c1N1CC(N)CC1=O. The maximum Gasteiger partial charge on any atom is 0.228 e. The Morgan fingerprint density at radius 3 is 2.29 bits per heavy atom. The summed E-state index contributed by atoms with van der Waals surface area (Å²) < 4.78 is 0. The van der Waals surface area contributed by atoms with Crippen molar-refractivity contribution in [2.75, 3.05) is 11.4 Å². The minimum atomic E-state index is -0.0166. The van der Waals surface area contributed by atoms with Crippen molar-refractivity contribution < 1.29 is 4.79 Å². The highest BCUT2D eigenvalue weighted by atomic mass is 16.2. The molecule has 1 aliphatic rings. The lowest BCUT2D eigenvalue weighted by Crippen LogP contribution is -2.29. The molecule has 1 aliphatic heterocycles. The summed E-state index contributed by atoms with van der Waals surface area (Å²) in [5.74, 6) is 0.160. The van der Waals surface area contributed by atoms with Crippen LogP contribution >= 0.6 is 0 Å². The standard InChI is InChI=1S/C14H20N2O/c1-3-10-6-5-7-11(4-2)14(10)16-9-12(15)8-13(16)17/h5-7,12H,3-4,8-9,15H2,1-2H3. The first kappa shape index (κ1) is 12.1. The number of nitrogens with zero attached hydrogens (tertiary/aromatic N) is 1. The number of hydrogen-bond acceptors (Lipinski definition) is 2. The van der Waals surface area contributed by atoms with Crippen molar-refractivity contribution in [3.63, 3.8) is 0 Å². The summed E-state index contributed by atoms with van der Waals surface area (Å²) in [5, 5.41) is 0. The van der Waals surface area contributed by atoms with Gasteiger partial charge >= 0.3 is 0 Å². The number of anilines is 1. The van der Waals surface area contributed by atoms with Crippen LogP contribution in [-0.2, 0) is 17.6 Å². The second-order valence-corrected chi connectivity index (χ2v) is 4.60. The van der Waals surface area contributed by atoms with E-state index in [9.17, 15) is 4.79 Å². The largest absolute Gasteiger partial charge is 0.326 e. The van der Waals surface area contributed by atoms with Gasteiger partial charge in [-0.15, -0.1) is 0 Å². The molecule has 1 aromatic carbocycles. The van der Waals surface area contributed by atoms with Gasteiger partial charge in [0.15, 0.2) is 0 Å². The van der Waals surface area contributed by atoms with Gasteiger partial charge in [0, 0.05) is 19.0 Å². The minimum Gasteiger partial charge on any atom is -0.326 e. The molecule has 0 aromatic heterocycles. The lowest BCUT2D eigenvalue weighted by Gasteiger charge is -2.23. The van der Waals surface area contributed by atoms with E-state index in [4.69, 9.17) is 5.73 Å². The van der Waals surface area contributed by atoms with Gasteiger partial charge in [-0.3, -0.25) is 4.79 Å². The zero-order valence-corrected chi connectivity index (χ0v) is 10.6. The zero-order chi connectivity index (χ0) is 12.4. The molecule has 17 heavy (non-hydrogen) atoms. The van der Waals surface area contributed by atoms with Crippen LogP contribution in [0.3, 0.4) is 0 Å². The fourth-order valence-corrected chi connectivity index (χ4v) is 2.51. The van der Waals surface area contributed by atoms with Crippen LogP contribution in [0.15, 0.2) is 18.2 Å². The van der Waals surface area contributed by atoms with Gasteiger partial charge < -0.3 is 10.6 Å². The van der Waals surface area contributed by atoms with E-state index in [1.807, 2.05) is 4.90 Å². The van der Waals surface area contributed by atoms with Crippen molar-refractivity contribution in [1.82, 2.24) is 0 Å². The maximum atomic E-state index is 12.0. The molecule has 2 rings (SSSR count). The Morgan fingerprint density at radius 1 is 1.29 bits per heavy atom. The summed E-state index contributed by atoms with van der Waals surface area (Å²) in [6, 6.07) is 6.26. The second-order valence-electron chi connectivity index (χ2n) is 4.60. The highest BCUT2D eigenvalue weighted by Crippen LogP contribution is 2.30. The number of para-hydroxylation sites is 1. The molecule has 3 heteroatoms. The predicted molar refractivity (Wildman–Crippen MR) is 70.1 cm³/mol. The molecule has 0 saturated carbocycles. The van der Waals surface area contributed by atoms with E-state index in [1.165, 1.54) is 11.1 Å². The molecular weight excluding hydrogens is 212 g/mol. The number of amides is 1. The summed E-state index contributed by atoms with van der Waals surface area (Å²) in [4.78, 5) is 13.8. The molecular formula is C14H20N2O. The summed E-state index contributed by atoms with van der Waals surface area (Å²) in [6.07, 6.45) is 2.37. The van der Waals surface area contributed by atoms with E-state index in [0.717, 1.165) is 18.5 Å². The van der Waals surface area contributed by atoms with E-state index in [1.54, 1.807) is 0 Å². The van der Waals surface area contributed by atoms with Crippen molar-refractivity contribution in [1.29, 1.82) is 0 Å². The molecule has 1 heterocycles. The number of benzene rings is 1. The summed E-state index contributed by atoms with van der Waals surface area (Å²) in [7, 11) is 0. The van der Waals surface area contributed by atoms with Crippen LogP contribution in [0.4, 0.5) is 5.69 Å². The van der Waals surface area contributed by atoms with E-state index >= 15 is 0 Å². The molecule has 0 spiro atoms. The summed E-state index contributed by atoms with van der Waals surface area (Å²) in [6.45, 7) is 4.90. The number of aryl methyl sites for hydroxylation is 2. The highest BCUT2D eigenvalue weighted by Gasteiger charge is 2.30. The minimum absolute atomic E-state index is 0.0166. The Bertz CT molecular complexity index is 406. The third-order valence-corrected chi connectivity index (χ3v) is 3.39. The fraction of sp³-hybridized carbons (Fsp3) is 0.500. The monoisotopic (exact) mass is 232 g/mol. The Hall–Kier alpha value is -1.35. The van der Waals surface area contributed by atoms with Gasteiger partial charge in [0.1, 0.15) is 0 Å². The van der Waals surface area contributed by atoms with Crippen LogP contribution < -0.4 is 10.6 Å². The topological polar surface area (TPSA) is 46.3 Å². The average molecular weight is 232 g/mol. The number of rotatable bonds is 3. The number of hydrogen-bond donors (Lipinski definition) is 1. The molecule has 2 N–H and O–H groups in total. The number of nitrogens with two attached hydrogens (primary N) is 1. The molecule has 1 atom stereocenters. The van der Waals surface area contributed by atoms with Crippen LogP contribution in [0.1, 0.15) is 31.4 Å². The second kappa shape index (κ2) is 4.88. The van der Waals surface area contributed by atoms with Gasteiger partial charge in [0.05, 0.1) is 5.69 Å². The van der Waals surface area contributed by atoms with Crippen molar-refractivity contribution >= 4 is 11.6 Å². The van der Waals surface area contributed by atoms with Crippen LogP contribution in [0.25, 0.3) is 0 Å². The third kappa shape index (κ3) is 2.20. The highest BCUT2D eigenvalue weighted by molar-refractivity contribution is 5.97. The first-order chi connectivity index (χ1) is 8.17. The first-order valence-electron chi connectivity index (χ1n) is 6.34. The number of carbonyl (C=O) groups excluding carboxylic acids is 1. The Morgan fingerprint density at radius 2 is 1.88 bits per heavy atom. The molecule has 1 unspecified atom stereocenters. The molecule has 3 nitrogen and oxygen atoms in total. The molecule has 0 bridgehead atoms. The normalized spacial score (nSPS) is 20.1. The predicted octanol–water partition coefficient (Wildman–Crippen LogP) is 1.88. The van der Waals surface area contributed by atoms with Crippen molar-refractivity contribution in [3.8, 4) is 0 Å². The smallest absolute Gasteiger partial charge is 0.228 e. The van der Waals surface area contributed by atoms with E-state index < -0.39 is 0 Å². The third-order valence-electron chi connectivity index (χ3n) is 3.39. The van der Waals surface area contributed by atoms with Crippen LogP contribution in [0.5, 0.6) is 0 Å². The first-order valence-corrected chi connectivity index (χ1v) is 6.34. The molecule has 1 saturated heterocycles. The molecule has 0 radical (unpaired) electrons. The molecule has 1 fully saturated rings. The van der Waals surface area contributed by atoms with Gasteiger partial charge in [-0.05, 0) is 24.0 Å². The van der Waals surface area contributed by atoms with Gasteiger partial charge in [-0.2, -0.15) is 0 Å². The lowest BCUT2D eigenvalue weighted by molar-refractivity contribution is -0.117. The zero-order valence-electron chi connectivity index (χ0n) is 10.6. The van der Waals surface area contributed by atoms with Gasteiger partial charge in [-0.25, -0.2) is 0 Å². The molecule has 1 amide bonds. The summed E-state index contributed by atoms with van der Waals surface area (Å²) >= 11 is 0. The Labute approximate surface area is 103 Å². The van der Waals surface area contributed by atoms with E-state index in [0.29, 0.717) is 13.0 Å². The molecule has 1 aromatic rings. The Balaban J connectivity index is 2.46. The average Bonchev–Trinajstić information content (AvgIpc) is 2.67. The van der Waals surface area contributed by atoms with Crippen molar-refractivity contribution in [2.45, 2.75) is 39.2 Å². The Kier molecular flexibility index (Phi) is 3.48. The van der Waals surface area contributed by atoms with Crippen LogP contribution in [0.2, 0.25) is 0 Å². The molecule has 92 valence electrons. The lowest BCUT2D eigenvalue weighted by atomic mass is 10.0. The van der Waals surface area contributed by atoms with Crippen molar-refractivity contribution in [2.24, 2.45) is 5.73 Å². The van der Waals surface area contributed by atoms with Crippen molar-refractivity contribution in [3.05, 3.63) is 29.3 Å². The van der Waals surface area contributed by atoms with Crippen LogP contribution in [-0.4, -0.2) is 18.5 Å². The quantitative estimate of drug-likeness (QED) is 0.865. The van der Waals surface area contributed by atoms with E-state index in [-0.39, 0.29) is 11.9 Å². The molecule has 0 aliphatic carbocycles. The maximum absolute atomic E-state index is 12.0. The van der Waals surface area contributed by atoms with E-state index in [2.05, 4.69) is 32.0 Å².